The molecule has 0 unspecified atom stereocenters. The van der Waals surface area contributed by atoms with Gasteiger partial charge in [0.05, 0.1) is 6.54 Å². The lowest BCUT2D eigenvalue weighted by atomic mass is 9.49. The quantitative estimate of drug-likeness (QED) is 0.830. The maximum Gasteiger partial charge on any atom is 0.253 e. The number of piperazine rings is 1. The van der Waals surface area contributed by atoms with Gasteiger partial charge in [0.1, 0.15) is 0 Å². The van der Waals surface area contributed by atoms with E-state index in [9.17, 15) is 14.4 Å². The first-order valence-corrected chi connectivity index (χ1v) is 11.4. The third-order valence-electron chi connectivity index (χ3n) is 7.86. The van der Waals surface area contributed by atoms with Crippen molar-refractivity contribution < 1.29 is 14.4 Å². The number of hydrogen-bond acceptors (Lipinski definition) is 3. The number of nitrogens with one attached hydrogen (secondary N) is 1. The lowest BCUT2D eigenvalue weighted by Gasteiger charge is -2.55. The van der Waals surface area contributed by atoms with Crippen LogP contribution in [-0.4, -0.2) is 60.2 Å². The molecule has 4 saturated carbocycles. The molecule has 1 aromatic rings. The summed E-state index contributed by atoms with van der Waals surface area (Å²) in [4.78, 5) is 41.9. The number of hydrogen-bond donors (Lipinski definition) is 1. The van der Waals surface area contributed by atoms with Crippen molar-refractivity contribution in [2.45, 2.75) is 38.5 Å². The Morgan fingerprint density at radius 3 is 1.93 bits per heavy atom. The van der Waals surface area contributed by atoms with Gasteiger partial charge in [-0.1, -0.05) is 18.2 Å². The number of carbonyl (C=O) groups excluding carboxylic acids is 3. The van der Waals surface area contributed by atoms with Gasteiger partial charge < -0.3 is 15.1 Å². The smallest absolute Gasteiger partial charge is 0.253 e. The zero-order chi connectivity index (χ0) is 20.7. The van der Waals surface area contributed by atoms with Gasteiger partial charge in [-0.15, -0.1) is 0 Å². The van der Waals surface area contributed by atoms with Crippen LogP contribution >= 0.6 is 0 Å². The van der Waals surface area contributed by atoms with Crippen molar-refractivity contribution in [1.82, 2.24) is 15.1 Å². The first-order chi connectivity index (χ1) is 14.5. The first-order valence-electron chi connectivity index (χ1n) is 11.4. The molecule has 5 aliphatic rings. The largest absolute Gasteiger partial charge is 0.347 e. The summed E-state index contributed by atoms with van der Waals surface area (Å²) in [5.74, 6) is 2.22. The van der Waals surface area contributed by atoms with Gasteiger partial charge in [0.15, 0.2) is 0 Å². The molecule has 6 rings (SSSR count). The van der Waals surface area contributed by atoms with E-state index in [0.717, 1.165) is 19.3 Å². The Morgan fingerprint density at radius 1 is 0.833 bits per heavy atom. The standard InChI is InChI=1S/C24H31N3O3/c28-21(26-6-8-27(9-7-26)22(29)20-4-2-1-3-5-20)16-25-23(30)24-13-17-10-18(14-24)12-19(11-17)15-24/h1-5,17-19H,6-16H2,(H,25,30). The highest BCUT2D eigenvalue weighted by Crippen LogP contribution is 2.60. The average Bonchev–Trinajstić information content (AvgIpc) is 2.76. The van der Waals surface area contributed by atoms with Crippen molar-refractivity contribution >= 4 is 17.7 Å². The second-order valence-corrected chi connectivity index (χ2v) is 9.92. The Kier molecular flexibility index (Phi) is 5.03. The number of benzene rings is 1. The Labute approximate surface area is 178 Å². The van der Waals surface area contributed by atoms with Crippen molar-refractivity contribution in [2.75, 3.05) is 32.7 Å². The summed E-state index contributed by atoms with van der Waals surface area (Å²) < 4.78 is 0. The minimum absolute atomic E-state index is 0.0119. The molecule has 0 atom stereocenters. The molecule has 4 bridgehead atoms. The molecule has 160 valence electrons. The molecule has 4 aliphatic carbocycles. The highest BCUT2D eigenvalue weighted by atomic mass is 16.2. The third-order valence-corrected chi connectivity index (χ3v) is 7.86. The van der Waals surface area contributed by atoms with Gasteiger partial charge >= 0.3 is 0 Å². The van der Waals surface area contributed by atoms with Gasteiger partial charge in [-0.3, -0.25) is 14.4 Å². The minimum Gasteiger partial charge on any atom is -0.347 e. The number of amides is 3. The van der Waals surface area contributed by atoms with Crippen molar-refractivity contribution in [3.05, 3.63) is 35.9 Å². The van der Waals surface area contributed by atoms with Crippen LogP contribution in [0.5, 0.6) is 0 Å². The lowest BCUT2D eigenvalue weighted by molar-refractivity contribution is -0.148. The molecule has 3 amide bonds. The van der Waals surface area contributed by atoms with E-state index in [1.807, 2.05) is 30.3 Å². The molecule has 6 nitrogen and oxygen atoms in total. The molecule has 5 fully saturated rings. The topological polar surface area (TPSA) is 69.7 Å². The van der Waals surface area contributed by atoms with Gasteiger partial charge in [-0.2, -0.15) is 0 Å². The van der Waals surface area contributed by atoms with E-state index in [-0.39, 0.29) is 29.7 Å². The van der Waals surface area contributed by atoms with Gasteiger partial charge in [0.25, 0.3) is 5.91 Å². The molecule has 1 aliphatic heterocycles. The van der Waals surface area contributed by atoms with E-state index in [2.05, 4.69) is 5.32 Å². The van der Waals surface area contributed by atoms with Gasteiger partial charge in [0.2, 0.25) is 11.8 Å². The Bertz CT molecular complexity index is 794. The second kappa shape index (κ2) is 7.71. The van der Waals surface area contributed by atoms with Gasteiger partial charge in [0, 0.05) is 37.2 Å². The van der Waals surface area contributed by atoms with Crippen molar-refractivity contribution in [3.63, 3.8) is 0 Å². The molecule has 0 spiro atoms. The zero-order valence-corrected chi connectivity index (χ0v) is 17.5. The summed E-state index contributed by atoms with van der Waals surface area (Å²) in [6, 6.07) is 9.25. The Hall–Kier alpha value is -2.37. The van der Waals surface area contributed by atoms with Crippen molar-refractivity contribution in [2.24, 2.45) is 23.2 Å². The predicted molar refractivity (Wildman–Crippen MR) is 113 cm³/mol. The SMILES string of the molecule is O=C(CNC(=O)C12CC3CC(CC(C3)C1)C2)N1CCN(C(=O)c2ccccc2)CC1. The van der Waals surface area contributed by atoms with E-state index in [1.54, 1.807) is 9.80 Å². The number of rotatable bonds is 4. The fraction of sp³-hybridized carbons (Fsp3) is 0.625. The monoisotopic (exact) mass is 409 g/mol. The fourth-order valence-electron chi connectivity index (χ4n) is 6.77. The van der Waals surface area contributed by atoms with Crippen molar-refractivity contribution in [1.29, 1.82) is 0 Å². The summed E-state index contributed by atoms with van der Waals surface area (Å²) in [5.41, 5.74) is 0.468. The summed E-state index contributed by atoms with van der Waals surface area (Å²) in [6.07, 6.45) is 6.95. The molecule has 1 N–H and O–H groups in total. The van der Waals surface area contributed by atoms with Crippen LogP contribution in [0.15, 0.2) is 30.3 Å². The first kappa shape index (κ1) is 19.6. The van der Waals surface area contributed by atoms with Crippen LogP contribution in [-0.2, 0) is 9.59 Å². The van der Waals surface area contributed by atoms with E-state index in [1.165, 1.54) is 19.3 Å². The van der Waals surface area contributed by atoms with E-state index < -0.39 is 0 Å². The molecule has 1 heterocycles. The molecular formula is C24H31N3O3. The molecular weight excluding hydrogens is 378 g/mol. The fourth-order valence-corrected chi connectivity index (χ4v) is 6.77. The molecule has 6 heteroatoms. The highest BCUT2D eigenvalue weighted by molar-refractivity contribution is 5.94. The molecule has 0 radical (unpaired) electrons. The Morgan fingerprint density at radius 2 is 1.37 bits per heavy atom. The Balaban J connectivity index is 1.11. The highest BCUT2D eigenvalue weighted by Gasteiger charge is 2.54. The average molecular weight is 410 g/mol. The summed E-state index contributed by atoms with van der Waals surface area (Å²) >= 11 is 0. The number of nitrogens with zero attached hydrogens (tertiary/aromatic N) is 2. The van der Waals surface area contributed by atoms with Gasteiger partial charge in [-0.25, -0.2) is 0 Å². The van der Waals surface area contributed by atoms with Crippen LogP contribution in [0, 0.1) is 23.2 Å². The van der Waals surface area contributed by atoms with Crippen LogP contribution < -0.4 is 5.32 Å². The minimum atomic E-state index is -0.212. The number of carbonyl (C=O) groups is 3. The summed E-state index contributed by atoms with van der Waals surface area (Å²) in [7, 11) is 0. The zero-order valence-electron chi connectivity index (χ0n) is 17.5. The van der Waals surface area contributed by atoms with Gasteiger partial charge in [-0.05, 0) is 68.4 Å². The van der Waals surface area contributed by atoms with Crippen LogP contribution in [0.2, 0.25) is 0 Å². The maximum absolute atomic E-state index is 13.0. The van der Waals surface area contributed by atoms with Crippen LogP contribution in [0.1, 0.15) is 48.9 Å². The normalized spacial score (nSPS) is 32.2. The van der Waals surface area contributed by atoms with E-state index >= 15 is 0 Å². The molecule has 30 heavy (non-hydrogen) atoms. The van der Waals surface area contributed by atoms with Crippen molar-refractivity contribution in [3.8, 4) is 0 Å². The molecule has 1 saturated heterocycles. The van der Waals surface area contributed by atoms with E-state index in [0.29, 0.717) is 49.5 Å². The third kappa shape index (κ3) is 3.61. The molecule has 0 aromatic heterocycles. The van der Waals surface area contributed by atoms with Crippen LogP contribution in [0.25, 0.3) is 0 Å². The van der Waals surface area contributed by atoms with E-state index in [4.69, 9.17) is 0 Å². The summed E-state index contributed by atoms with van der Waals surface area (Å²) in [6.45, 7) is 2.17. The predicted octanol–water partition coefficient (Wildman–Crippen LogP) is 2.30. The second-order valence-electron chi connectivity index (χ2n) is 9.92. The lowest BCUT2D eigenvalue weighted by Crippen LogP contribution is -2.56. The maximum atomic E-state index is 13.0. The molecule has 1 aromatic carbocycles. The van der Waals surface area contributed by atoms with Crippen LogP contribution in [0.3, 0.4) is 0 Å². The summed E-state index contributed by atoms with van der Waals surface area (Å²) in [5, 5.41) is 2.99. The van der Waals surface area contributed by atoms with Crippen LogP contribution in [0.4, 0.5) is 0 Å².